The van der Waals surface area contributed by atoms with Crippen molar-refractivity contribution in [3.8, 4) is 0 Å². The molecule has 0 radical (unpaired) electrons. The van der Waals surface area contributed by atoms with Crippen LogP contribution in [-0.4, -0.2) is 32.5 Å². The number of hydrogen-bond donors (Lipinski definition) is 2. The number of benzene rings is 1. The largest absolute Gasteiger partial charge is 0.347 e. The Balaban J connectivity index is 1.14. The molecule has 0 saturated heterocycles. The zero-order valence-electron chi connectivity index (χ0n) is 19.5. The summed E-state index contributed by atoms with van der Waals surface area (Å²) in [5.41, 5.74) is 3.49. The predicted octanol–water partition coefficient (Wildman–Crippen LogP) is 3.46. The van der Waals surface area contributed by atoms with Crippen LogP contribution in [-0.2, 0) is 13.1 Å². The maximum atomic E-state index is 13.7. The average Bonchev–Trinajstić information content (AvgIpc) is 2.80. The van der Waals surface area contributed by atoms with Crippen LogP contribution in [0.1, 0.15) is 46.4 Å². The van der Waals surface area contributed by atoms with Gasteiger partial charge in [0.1, 0.15) is 17.0 Å². The molecule has 2 N–H and O–H groups in total. The van der Waals surface area contributed by atoms with Gasteiger partial charge in [-0.25, -0.2) is 9.37 Å². The molecule has 0 atom stereocenters. The normalized spacial score (nSPS) is 22.6. The van der Waals surface area contributed by atoms with Gasteiger partial charge in [0.25, 0.3) is 11.5 Å². The van der Waals surface area contributed by atoms with Gasteiger partial charge in [-0.1, -0.05) is 12.1 Å². The van der Waals surface area contributed by atoms with E-state index in [9.17, 15) is 14.0 Å². The second-order valence-corrected chi connectivity index (χ2v) is 10.2. The van der Waals surface area contributed by atoms with Crippen molar-refractivity contribution in [1.29, 1.82) is 0 Å². The first-order valence-electron chi connectivity index (χ1n) is 11.9. The van der Waals surface area contributed by atoms with E-state index in [1.54, 1.807) is 24.4 Å². The molecule has 3 aliphatic rings. The summed E-state index contributed by atoms with van der Waals surface area (Å²) in [5, 5.41) is 7.35. The Kier molecular flexibility index (Phi) is 4.96. The molecule has 178 valence electrons. The molecule has 8 heteroatoms. The zero-order chi connectivity index (χ0) is 24.2. The molecule has 2 bridgehead atoms. The Morgan fingerprint density at radius 2 is 1.91 bits per heavy atom. The SMILES string of the molecule is Cc1cc(CNC(=O)c2cc(=O)n3ccccc3n2)cc2cc(CNCC34CC(F)(C3)C4)cnc12. The lowest BCUT2D eigenvalue weighted by Gasteiger charge is -2.66. The molecule has 0 spiro atoms. The molecule has 3 saturated carbocycles. The number of fused-ring (bicyclic) bond motifs is 2. The summed E-state index contributed by atoms with van der Waals surface area (Å²) in [6, 6.07) is 12.6. The Morgan fingerprint density at radius 1 is 1.11 bits per heavy atom. The van der Waals surface area contributed by atoms with E-state index >= 15 is 0 Å². The van der Waals surface area contributed by atoms with Gasteiger partial charge in [0.05, 0.1) is 5.52 Å². The smallest absolute Gasteiger partial charge is 0.270 e. The number of pyridine rings is 2. The van der Waals surface area contributed by atoms with Gasteiger partial charge in [0.15, 0.2) is 0 Å². The van der Waals surface area contributed by atoms with Gasteiger partial charge < -0.3 is 10.6 Å². The van der Waals surface area contributed by atoms with Crippen molar-refractivity contribution in [2.45, 2.75) is 44.9 Å². The van der Waals surface area contributed by atoms with Crippen LogP contribution in [0.25, 0.3) is 16.6 Å². The van der Waals surface area contributed by atoms with E-state index in [0.717, 1.165) is 34.1 Å². The summed E-state index contributed by atoms with van der Waals surface area (Å²) in [7, 11) is 0. The first-order valence-corrected chi connectivity index (χ1v) is 11.9. The van der Waals surface area contributed by atoms with Gasteiger partial charge in [-0.15, -0.1) is 0 Å². The molecule has 7 nitrogen and oxygen atoms in total. The number of hydrogen-bond acceptors (Lipinski definition) is 5. The van der Waals surface area contributed by atoms with Crippen LogP contribution in [0.4, 0.5) is 4.39 Å². The van der Waals surface area contributed by atoms with Crippen molar-refractivity contribution in [3.05, 3.63) is 87.6 Å². The molecule has 7 rings (SSSR count). The highest BCUT2D eigenvalue weighted by Crippen LogP contribution is 2.69. The summed E-state index contributed by atoms with van der Waals surface area (Å²) in [6.45, 7) is 3.84. The fourth-order valence-electron chi connectivity index (χ4n) is 5.72. The predicted molar refractivity (Wildman–Crippen MR) is 131 cm³/mol. The minimum Gasteiger partial charge on any atom is -0.347 e. The molecule has 3 heterocycles. The molecule has 3 fully saturated rings. The standard InChI is InChI=1S/C27H26FN5O2/c1-17-6-18(11-31-25(35)21-9-23(34)33-5-3-2-4-22(33)32-21)7-20-8-19(12-30-24(17)20)10-29-16-26-13-27(28,14-26)15-26/h2-9,12,29H,10-11,13-16H2,1H3,(H,31,35). The molecular weight excluding hydrogens is 445 g/mol. The van der Waals surface area contributed by atoms with E-state index in [0.29, 0.717) is 38.0 Å². The second kappa shape index (κ2) is 7.95. The highest BCUT2D eigenvalue weighted by molar-refractivity contribution is 5.92. The van der Waals surface area contributed by atoms with Crippen molar-refractivity contribution >= 4 is 22.5 Å². The third kappa shape index (κ3) is 3.97. The number of amides is 1. The topological polar surface area (TPSA) is 88.4 Å². The van der Waals surface area contributed by atoms with Gasteiger partial charge in [-0.3, -0.25) is 19.0 Å². The number of nitrogens with one attached hydrogen (secondary N) is 2. The quantitative estimate of drug-likeness (QED) is 0.431. The van der Waals surface area contributed by atoms with Crippen molar-refractivity contribution < 1.29 is 9.18 Å². The van der Waals surface area contributed by atoms with Crippen LogP contribution >= 0.6 is 0 Å². The van der Waals surface area contributed by atoms with Crippen LogP contribution in [0, 0.1) is 12.3 Å². The lowest BCUT2D eigenvalue weighted by molar-refractivity contribution is -0.209. The van der Waals surface area contributed by atoms with Crippen LogP contribution in [0.15, 0.2) is 59.7 Å². The van der Waals surface area contributed by atoms with Crippen molar-refractivity contribution in [2.24, 2.45) is 5.41 Å². The number of halogens is 1. The molecule has 0 unspecified atom stereocenters. The molecular formula is C27H26FN5O2. The van der Waals surface area contributed by atoms with E-state index in [-0.39, 0.29) is 16.7 Å². The molecule has 3 aromatic heterocycles. The first-order chi connectivity index (χ1) is 16.8. The van der Waals surface area contributed by atoms with Crippen LogP contribution in [0.3, 0.4) is 0 Å². The Bertz CT molecular complexity index is 1530. The number of alkyl halides is 1. The minimum atomic E-state index is -0.865. The molecule has 0 aliphatic heterocycles. The Labute approximate surface area is 201 Å². The van der Waals surface area contributed by atoms with Crippen molar-refractivity contribution in [2.75, 3.05) is 6.54 Å². The van der Waals surface area contributed by atoms with Gasteiger partial charge in [-0.2, -0.15) is 0 Å². The number of aryl methyl sites for hydroxylation is 1. The van der Waals surface area contributed by atoms with E-state index < -0.39 is 11.6 Å². The fourth-order valence-corrected chi connectivity index (χ4v) is 5.72. The minimum absolute atomic E-state index is 0.0936. The van der Waals surface area contributed by atoms with Crippen molar-refractivity contribution in [3.63, 3.8) is 0 Å². The van der Waals surface area contributed by atoms with E-state index in [2.05, 4.69) is 26.7 Å². The van der Waals surface area contributed by atoms with E-state index in [1.807, 2.05) is 25.3 Å². The second-order valence-electron chi connectivity index (χ2n) is 10.2. The Morgan fingerprint density at radius 3 is 2.71 bits per heavy atom. The lowest BCUT2D eigenvalue weighted by atomic mass is 9.42. The summed E-state index contributed by atoms with van der Waals surface area (Å²) in [4.78, 5) is 33.9. The van der Waals surface area contributed by atoms with E-state index in [1.165, 1.54) is 10.5 Å². The van der Waals surface area contributed by atoms with Crippen LogP contribution < -0.4 is 16.2 Å². The van der Waals surface area contributed by atoms with Gasteiger partial charge in [0.2, 0.25) is 0 Å². The van der Waals surface area contributed by atoms with Gasteiger partial charge >= 0.3 is 0 Å². The summed E-state index contributed by atoms with van der Waals surface area (Å²) in [5.74, 6) is -0.397. The molecule has 4 aromatic rings. The first kappa shape index (κ1) is 21.9. The molecule has 1 amide bonds. The fraction of sp³-hybridized carbons (Fsp3) is 0.333. The lowest BCUT2D eigenvalue weighted by Crippen LogP contribution is -2.67. The number of rotatable bonds is 7. The monoisotopic (exact) mass is 471 g/mol. The van der Waals surface area contributed by atoms with Crippen LogP contribution in [0.2, 0.25) is 0 Å². The Hall–Kier alpha value is -3.65. The number of nitrogens with zero attached hydrogens (tertiary/aromatic N) is 3. The molecule has 35 heavy (non-hydrogen) atoms. The van der Waals surface area contributed by atoms with Gasteiger partial charge in [-0.05, 0) is 72.6 Å². The third-order valence-electron chi connectivity index (χ3n) is 7.25. The summed E-state index contributed by atoms with van der Waals surface area (Å²) in [6.07, 6.45) is 5.59. The highest BCUT2D eigenvalue weighted by Gasteiger charge is 2.68. The summed E-state index contributed by atoms with van der Waals surface area (Å²) >= 11 is 0. The highest BCUT2D eigenvalue weighted by atomic mass is 19.1. The maximum Gasteiger partial charge on any atom is 0.270 e. The number of carbonyl (C=O) groups excluding carboxylic acids is 1. The molecule has 1 aromatic carbocycles. The van der Waals surface area contributed by atoms with Crippen molar-refractivity contribution in [1.82, 2.24) is 25.0 Å². The van der Waals surface area contributed by atoms with Crippen LogP contribution in [0.5, 0.6) is 0 Å². The molecule has 3 aliphatic carbocycles. The third-order valence-corrected chi connectivity index (χ3v) is 7.25. The maximum absolute atomic E-state index is 13.7. The number of aromatic nitrogens is 3. The summed E-state index contributed by atoms with van der Waals surface area (Å²) < 4.78 is 15.1. The van der Waals surface area contributed by atoms with E-state index in [4.69, 9.17) is 0 Å². The van der Waals surface area contributed by atoms with Gasteiger partial charge in [0, 0.05) is 43.5 Å². The zero-order valence-corrected chi connectivity index (χ0v) is 19.5. The average molecular weight is 472 g/mol. The number of carbonyl (C=O) groups is 1.